The van der Waals surface area contributed by atoms with Gasteiger partial charge in [-0.1, -0.05) is 0 Å². The molecule has 1 aliphatic rings. The molecule has 0 radical (unpaired) electrons. The Morgan fingerprint density at radius 3 is 1.82 bits per heavy atom. The number of likely N-dealkylation sites (tertiary alicyclic amines) is 1. The Morgan fingerprint density at radius 2 is 1.53 bits per heavy atom. The SMILES string of the molecule is OC1(C(F)(F)F)CCN(C[B-](F)(F)F)CC1.[K+]. The minimum atomic E-state index is -5.03. The van der Waals surface area contributed by atoms with Gasteiger partial charge in [0, 0.05) is 0 Å². The molecule has 0 amide bonds. The Kier molecular flexibility index (Phi) is 6.53. The molecule has 1 aliphatic heterocycles. The predicted octanol–water partition coefficient (Wildman–Crippen LogP) is -1.23. The zero-order valence-corrected chi connectivity index (χ0v) is 12.4. The zero-order chi connectivity index (χ0) is 12.6. The topological polar surface area (TPSA) is 23.5 Å². The summed E-state index contributed by atoms with van der Waals surface area (Å²) in [6.07, 6.45) is -7.36. The normalized spacial score (nSPS) is 22.1. The number of hydrogen-bond acceptors (Lipinski definition) is 2. The molecule has 0 aliphatic carbocycles. The molecule has 0 aromatic rings. The minimum Gasteiger partial charge on any atom is -0.448 e. The van der Waals surface area contributed by atoms with Crippen molar-refractivity contribution in [3.63, 3.8) is 0 Å². The fourth-order valence-corrected chi connectivity index (χ4v) is 1.68. The summed E-state index contributed by atoms with van der Waals surface area (Å²) in [5, 5.41) is 9.20. The van der Waals surface area contributed by atoms with Crippen LogP contribution in [0.25, 0.3) is 0 Å². The zero-order valence-electron chi connectivity index (χ0n) is 9.28. The van der Waals surface area contributed by atoms with Crippen molar-refractivity contribution in [1.82, 2.24) is 4.90 Å². The Labute approximate surface area is 137 Å². The summed E-state index contributed by atoms with van der Waals surface area (Å²) in [5.74, 6) is 0. The van der Waals surface area contributed by atoms with Crippen LogP contribution >= 0.6 is 0 Å². The number of nitrogens with zero attached hydrogens (tertiary/aromatic N) is 1. The summed E-state index contributed by atoms with van der Waals surface area (Å²) in [4.78, 5) is 0.889. The van der Waals surface area contributed by atoms with Crippen molar-refractivity contribution in [3.8, 4) is 0 Å². The second kappa shape index (κ2) is 6.10. The first-order valence-corrected chi connectivity index (χ1v) is 4.76. The van der Waals surface area contributed by atoms with E-state index in [0.29, 0.717) is 0 Å². The maximum Gasteiger partial charge on any atom is 1.00 e. The smallest absolute Gasteiger partial charge is 0.448 e. The van der Waals surface area contributed by atoms with Crippen LogP contribution in [-0.4, -0.2) is 48.3 Å². The number of hydrogen-bond donors (Lipinski definition) is 1. The summed E-state index contributed by atoms with van der Waals surface area (Å²) in [6, 6.07) is 0. The van der Waals surface area contributed by atoms with Gasteiger partial charge in [0.25, 0.3) is 0 Å². The Bertz CT molecular complexity index is 250. The van der Waals surface area contributed by atoms with E-state index in [9.17, 15) is 31.2 Å². The van der Waals surface area contributed by atoms with E-state index < -0.39 is 51.1 Å². The van der Waals surface area contributed by atoms with Gasteiger partial charge in [-0.3, -0.25) is 0 Å². The molecule has 0 atom stereocenters. The van der Waals surface area contributed by atoms with Gasteiger partial charge in [0.15, 0.2) is 5.60 Å². The second-order valence-electron chi connectivity index (χ2n) is 4.04. The van der Waals surface area contributed by atoms with Crippen molar-refractivity contribution < 1.29 is 82.6 Å². The van der Waals surface area contributed by atoms with Crippen LogP contribution in [-0.2, 0) is 0 Å². The van der Waals surface area contributed by atoms with Crippen LogP contribution in [0, 0.1) is 0 Å². The van der Waals surface area contributed by atoms with Crippen molar-refractivity contribution >= 4 is 6.98 Å². The van der Waals surface area contributed by atoms with Crippen molar-refractivity contribution in [3.05, 3.63) is 0 Å². The molecule has 1 saturated heterocycles. The molecule has 96 valence electrons. The van der Waals surface area contributed by atoms with Gasteiger partial charge < -0.3 is 23.0 Å². The first-order valence-electron chi connectivity index (χ1n) is 4.76. The summed E-state index contributed by atoms with van der Waals surface area (Å²) in [6.45, 7) is -5.81. The summed E-state index contributed by atoms with van der Waals surface area (Å²) in [7, 11) is 0. The molecule has 0 unspecified atom stereocenters. The number of halogens is 6. The van der Waals surface area contributed by atoms with Crippen molar-refractivity contribution in [2.24, 2.45) is 0 Å². The summed E-state index contributed by atoms with van der Waals surface area (Å²) < 4.78 is 72.9. The molecule has 17 heavy (non-hydrogen) atoms. The van der Waals surface area contributed by atoms with Gasteiger partial charge in [-0.05, 0) is 32.4 Å². The fourth-order valence-electron chi connectivity index (χ4n) is 1.68. The van der Waals surface area contributed by atoms with Crippen LogP contribution in [0.5, 0.6) is 0 Å². The predicted molar refractivity (Wildman–Crippen MR) is 45.8 cm³/mol. The van der Waals surface area contributed by atoms with E-state index in [2.05, 4.69) is 0 Å². The van der Waals surface area contributed by atoms with E-state index in [4.69, 9.17) is 0 Å². The quantitative estimate of drug-likeness (QED) is 0.508. The van der Waals surface area contributed by atoms with Gasteiger partial charge in [-0.25, -0.2) is 0 Å². The monoisotopic (exact) mass is 289 g/mol. The first-order chi connectivity index (χ1) is 7.04. The molecule has 0 aromatic heterocycles. The van der Waals surface area contributed by atoms with E-state index in [1.54, 1.807) is 0 Å². The molecule has 1 fully saturated rings. The van der Waals surface area contributed by atoms with Crippen LogP contribution in [0.1, 0.15) is 12.8 Å². The maximum atomic E-state index is 12.3. The van der Waals surface area contributed by atoms with E-state index in [0.717, 1.165) is 4.90 Å². The van der Waals surface area contributed by atoms with Gasteiger partial charge in [-0.2, -0.15) is 13.2 Å². The Morgan fingerprint density at radius 1 is 1.12 bits per heavy atom. The van der Waals surface area contributed by atoms with Gasteiger partial charge in [0.05, 0.1) is 0 Å². The number of aliphatic hydroxyl groups is 1. The minimum absolute atomic E-state index is 0. The molecular weight excluding hydrogens is 278 g/mol. The van der Waals surface area contributed by atoms with Crippen molar-refractivity contribution in [2.75, 3.05) is 19.5 Å². The summed E-state index contributed by atoms with van der Waals surface area (Å²) >= 11 is 0. The van der Waals surface area contributed by atoms with Crippen molar-refractivity contribution in [1.29, 1.82) is 0 Å². The second-order valence-corrected chi connectivity index (χ2v) is 4.04. The molecule has 0 saturated carbocycles. The molecule has 1 rings (SSSR count). The maximum absolute atomic E-state index is 12.3. The third-order valence-electron chi connectivity index (χ3n) is 2.68. The fraction of sp³-hybridized carbons (Fsp3) is 1.00. The average molecular weight is 289 g/mol. The third kappa shape index (κ3) is 5.37. The Balaban J connectivity index is 0.00000256. The van der Waals surface area contributed by atoms with Crippen LogP contribution in [0.2, 0.25) is 0 Å². The van der Waals surface area contributed by atoms with E-state index in [1.165, 1.54) is 0 Å². The molecule has 1 heterocycles. The molecular formula is C7H11BF6KNO. The molecule has 0 aromatic carbocycles. The van der Waals surface area contributed by atoms with E-state index in [-0.39, 0.29) is 51.4 Å². The van der Waals surface area contributed by atoms with Crippen molar-refractivity contribution in [2.45, 2.75) is 24.6 Å². The van der Waals surface area contributed by atoms with E-state index >= 15 is 0 Å². The Hall–Kier alpha value is 1.20. The van der Waals surface area contributed by atoms with Gasteiger partial charge in [0.1, 0.15) is 0 Å². The van der Waals surface area contributed by atoms with E-state index in [1.807, 2.05) is 0 Å². The average Bonchev–Trinajstić information content (AvgIpc) is 2.05. The van der Waals surface area contributed by atoms with Gasteiger partial charge in [0.2, 0.25) is 0 Å². The number of piperidine rings is 1. The standard InChI is InChI=1S/C7H11BF6NO.K/c9-7(10,11)6(16)1-3-15(4-2-6)5-8(12,13)14;/h16H,1-5H2;/q-1;+1. The largest absolute Gasteiger partial charge is 1.00 e. The van der Waals surface area contributed by atoms with Gasteiger partial charge >= 0.3 is 64.5 Å². The molecule has 0 bridgehead atoms. The molecule has 2 nitrogen and oxygen atoms in total. The van der Waals surface area contributed by atoms with Crippen LogP contribution in [0.15, 0.2) is 0 Å². The molecule has 1 N–H and O–H groups in total. The third-order valence-corrected chi connectivity index (χ3v) is 2.68. The van der Waals surface area contributed by atoms with Crippen LogP contribution in [0.4, 0.5) is 26.1 Å². The summed E-state index contributed by atoms with van der Waals surface area (Å²) in [5.41, 5.74) is -2.83. The number of rotatable bonds is 2. The number of alkyl halides is 3. The molecule has 10 heteroatoms. The molecule has 0 spiro atoms. The van der Waals surface area contributed by atoms with Crippen LogP contribution < -0.4 is 51.4 Å². The van der Waals surface area contributed by atoms with Gasteiger partial charge in [-0.15, -0.1) is 0 Å². The van der Waals surface area contributed by atoms with Crippen LogP contribution in [0.3, 0.4) is 0 Å². The first kappa shape index (κ1) is 18.2.